The molecule has 0 fully saturated rings. The van der Waals surface area contributed by atoms with Gasteiger partial charge in [-0.2, -0.15) is 0 Å². The first kappa shape index (κ1) is 19.7. The molecule has 0 aliphatic carbocycles. The van der Waals surface area contributed by atoms with Gasteiger partial charge in [-0.25, -0.2) is 8.42 Å². The van der Waals surface area contributed by atoms with Gasteiger partial charge in [-0.05, 0) is 49.1 Å². The minimum absolute atomic E-state index is 0.218. The molecule has 0 aromatic heterocycles. The van der Waals surface area contributed by atoms with Crippen molar-refractivity contribution in [3.8, 4) is 0 Å². The number of nitrogens with zero attached hydrogens (tertiary/aromatic N) is 2. The highest BCUT2D eigenvalue weighted by Crippen LogP contribution is 2.32. The number of benzene rings is 2. The average Bonchev–Trinajstić information content (AvgIpc) is 3.04. The van der Waals surface area contributed by atoms with Gasteiger partial charge in [-0.1, -0.05) is 42.8 Å². The average molecular weight is 407 g/mol. The number of carbonyl (C=O) groups excluding carboxylic acids is 1. The zero-order chi connectivity index (χ0) is 19.8. The number of amides is 1. The van der Waals surface area contributed by atoms with Crippen LogP contribution in [0.1, 0.15) is 24.5 Å². The first-order valence-electron chi connectivity index (χ1n) is 8.89. The third kappa shape index (κ3) is 3.82. The summed E-state index contributed by atoms with van der Waals surface area (Å²) in [6, 6.07) is 12.0. The monoisotopic (exact) mass is 406 g/mol. The summed E-state index contributed by atoms with van der Waals surface area (Å²) in [5.41, 5.74) is 3.21. The molecule has 3 rings (SSSR count). The molecule has 27 heavy (non-hydrogen) atoms. The van der Waals surface area contributed by atoms with Gasteiger partial charge >= 0.3 is 0 Å². The maximum absolute atomic E-state index is 13.3. The van der Waals surface area contributed by atoms with Gasteiger partial charge in [0.15, 0.2) is 0 Å². The van der Waals surface area contributed by atoms with Gasteiger partial charge < -0.3 is 4.90 Å². The van der Waals surface area contributed by atoms with Crippen LogP contribution in [-0.4, -0.2) is 33.2 Å². The van der Waals surface area contributed by atoms with Crippen LogP contribution in [-0.2, 0) is 21.2 Å². The van der Waals surface area contributed by atoms with E-state index in [9.17, 15) is 13.2 Å². The summed E-state index contributed by atoms with van der Waals surface area (Å²) in [7, 11) is -3.68. The Balaban J connectivity index is 2.02. The molecule has 2 aromatic rings. The summed E-state index contributed by atoms with van der Waals surface area (Å²) in [6.07, 6.45) is 2.25. The summed E-state index contributed by atoms with van der Waals surface area (Å²) >= 11 is 6.21. The van der Waals surface area contributed by atoms with Crippen molar-refractivity contribution in [2.75, 3.05) is 22.0 Å². The maximum atomic E-state index is 13.3. The van der Waals surface area contributed by atoms with Crippen LogP contribution in [0.3, 0.4) is 0 Å². The predicted molar refractivity (Wildman–Crippen MR) is 110 cm³/mol. The van der Waals surface area contributed by atoms with Gasteiger partial charge in [-0.15, -0.1) is 0 Å². The first-order valence-corrected chi connectivity index (χ1v) is 11.1. The highest BCUT2D eigenvalue weighted by molar-refractivity contribution is 7.92. The Bertz CT molecular complexity index is 975. The van der Waals surface area contributed by atoms with Crippen molar-refractivity contribution in [1.29, 1.82) is 0 Å². The molecule has 1 aliphatic heterocycles. The number of halogens is 1. The van der Waals surface area contributed by atoms with Crippen LogP contribution >= 0.6 is 11.6 Å². The topological polar surface area (TPSA) is 57.7 Å². The van der Waals surface area contributed by atoms with E-state index in [1.54, 1.807) is 23.1 Å². The molecule has 0 unspecified atom stereocenters. The number of anilines is 2. The van der Waals surface area contributed by atoms with Crippen LogP contribution in [0.5, 0.6) is 0 Å². The summed E-state index contributed by atoms with van der Waals surface area (Å²) in [5, 5.41) is 0.468. The van der Waals surface area contributed by atoms with Crippen LogP contribution in [0.25, 0.3) is 0 Å². The fourth-order valence-electron chi connectivity index (χ4n) is 3.51. The van der Waals surface area contributed by atoms with E-state index in [-0.39, 0.29) is 5.91 Å². The minimum Gasteiger partial charge on any atom is -0.310 e. The number of aryl methyl sites for hydroxylation is 1. The Morgan fingerprint density at radius 1 is 1.26 bits per heavy atom. The minimum atomic E-state index is -3.68. The molecule has 1 heterocycles. The third-order valence-corrected chi connectivity index (χ3v) is 6.46. The molecule has 0 saturated carbocycles. The van der Waals surface area contributed by atoms with Gasteiger partial charge in [-0.3, -0.25) is 9.10 Å². The molecule has 0 saturated heterocycles. The Morgan fingerprint density at radius 2 is 1.96 bits per heavy atom. The standard InChI is InChI=1S/C20H23ClN2O3S/c1-4-18(20(24)22-12-11-15-7-5-6-8-19(15)22)23(27(3,25)26)16-10-9-14(2)17(21)13-16/h5-10,13,18H,4,11-12H2,1-3H3/t18-/m1/s1. The van der Waals surface area contributed by atoms with E-state index in [2.05, 4.69) is 0 Å². The number of fused-ring (bicyclic) bond motifs is 1. The van der Waals surface area contributed by atoms with Crippen molar-refractivity contribution in [1.82, 2.24) is 0 Å². The van der Waals surface area contributed by atoms with Crippen LogP contribution in [0.2, 0.25) is 5.02 Å². The summed E-state index contributed by atoms with van der Waals surface area (Å²) < 4.78 is 26.4. The lowest BCUT2D eigenvalue weighted by atomic mass is 10.1. The number of carbonyl (C=O) groups is 1. The molecule has 1 aliphatic rings. The van der Waals surface area contributed by atoms with Crippen molar-refractivity contribution >= 4 is 38.9 Å². The predicted octanol–water partition coefficient (Wildman–Crippen LogP) is 3.78. The molecular formula is C20H23ClN2O3S. The molecule has 2 aromatic carbocycles. The smallest absolute Gasteiger partial charge is 0.250 e. The number of rotatable bonds is 5. The second kappa shape index (κ2) is 7.52. The van der Waals surface area contributed by atoms with Crippen LogP contribution in [0.15, 0.2) is 42.5 Å². The van der Waals surface area contributed by atoms with Gasteiger partial charge in [0.1, 0.15) is 6.04 Å². The normalized spacial score (nSPS) is 14.7. The van der Waals surface area contributed by atoms with Gasteiger partial charge in [0.05, 0.1) is 11.9 Å². The quantitative estimate of drug-likeness (QED) is 0.759. The zero-order valence-electron chi connectivity index (χ0n) is 15.6. The van der Waals surface area contributed by atoms with Gasteiger partial charge in [0.2, 0.25) is 10.0 Å². The molecule has 5 nitrogen and oxygen atoms in total. The molecule has 144 valence electrons. The summed E-state index contributed by atoms with van der Waals surface area (Å²) in [4.78, 5) is 15.0. The molecule has 7 heteroatoms. The van der Waals surface area contributed by atoms with Crippen LogP contribution in [0.4, 0.5) is 11.4 Å². The van der Waals surface area contributed by atoms with E-state index >= 15 is 0 Å². The highest BCUT2D eigenvalue weighted by Gasteiger charge is 2.36. The maximum Gasteiger partial charge on any atom is 0.250 e. The van der Waals surface area contributed by atoms with Crippen LogP contribution < -0.4 is 9.21 Å². The zero-order valence-corrected chi connectivity index (χ0v) is 17.2. The van der Waals surface area contributed by atoms with E-state index in [4.69, 9.17) is 11.6 Å². The van der Waals surface area contributed by atoms with E-state index in [0.29, 0.717) is 23.7 Å². The second-order valence-corrected chi connectivity index (χ2v) is 9.05. The number of sulfonamides is 1. The van der Waals surface area contributed by atoms with Gasteiger partial charge in [0.25, 0.3) is 5.91 Å². The molecule has 1 amide bonds. The molecule has 0 spiro atoms. The van der Waals surface area contributed by atoms with Crippen molar-refractivity contribution in [3.63, 3.8) is 0 Å². The summed E-state index contributed by atoms with van der Waals surface area (Å²) in [6.45, 7) is 4.22. The second-order valence-electron chi connectivity index (χ2n) is 6.78. The molecule has 1 atom stereocenters. The van der Waals surface area contributed by atoms with Crippen LogP contribution in [0, 0.1) is 6.92 Å². The molecular weight excluding hydrogens is 384 g/mol. The molecule has 0 bridgehead atoms. The van der Waals surface area contributed by atoms with E-state index in [0.717, 1.165) is 29.5 Å². The molecule has 0 N–H and O–H groups in total. The lowest BCUT2D eigenvalue weighted by Gasteiger charge is -2.33. The number of hydrogen-bond acceptors (Lipinski definition) is 3. The largest absolute Gasteiger partial charge is 0.310 e. The number of hydrogen-bond donors (Lipinski definition) is 0. The lowest BCUT2D eigenvalue weighted by molar-refractivity contribution is -0.119. The Morgan fingerprint density at radius 3 is 2.59 bits per heavy atom. The van der Waals surface area contributed by atoms with Crippen molar-refractivity contribution in [2.45, 2.75) is 32.7 Å². The van der Waals surface area contributed by atoms with E-state index in [1.165, 1.54) is 4.31 Å². The summed E-state index contributed by atoms with van der Waals surface area (Å²) in [5.74, 6) is -0.218. The van der Waals surface area contributed by atoms with Crippen molar-refractivity contribution in [2.24, 2.45) is 0 Å². The fourth-order valence-corrected chi connectivity index (χ4v) is 4.88. The van der Waals surface area contributed by atoms with E-state index < -0.39 is 16.1 Å². The van der Waals surface area contributed by atoms with Crippen molar-refractivity contribution < 1.29 is 13.2 Å². The molecule has 0 radical (unpaired) electrons. The Labute approximate surface area is 165 Å². The van der Waals surface area contributed by atoms with E-state index in [1.807, 2.05) is 38.1 Å². The third-order valence-electron chi connectivity index (χ3n) is 4.88. The first-order chi connectivity index (χ1) is 12.7. The lowest BCUT2D eigenvalue weighted by Crippen LogP contribution is -2.50. The number of para-hydroxylation sites is 1. The Hall–Kier alpha value is -2.05. The SMILES string of the molecule is CC[C@H](C(=O)N1CCc2ccccc21)N(c1ccc(C)c(Cl)c1)S(C)(=O)=O. The van der Waals surface area contributed by atoms with Crippen molar-refractivity contribution in [3.05, 3.63) is 58.6 Å². The van der Waals surface area contributed by atoms with Gasteiger partial charge in [0, 0.05) is 17.3 Å². The Kier molecular flexibility index (Phi) is 5.49. The highest BCUT2D eigenvalue weighted by atomic mass is 35.5. The fraction of sp³-hybridized carbons (Fsp3) is 0.350.